The minimum atomic E-state index is 0.657. The van der Waals surface area contributed by atoms with E-state index in [9.17, 15) is 0 Å². The van der Waals surface area contributed by atoms with Gasteiger partial charge in [0.25, 0.3) is 0 Å². The smallest absolute Gasteiger partial charge is 0.214 e. The molecule has 0 bridgehead atoms. The van der Waals surface area contributed by atoms with Gasteiger partial charge >= 0.3 is 0 Å². The lowest BCUT2D eigenvalue weighted by Crippen LogP contribution is -2.08. The van der Waals surface area contributed by atoms with Crippen molar-refractivity contribution in [3.8, 4) is 11.3 Å². The standard InChI is InChI=1S/C15H19N5OS/c1-19(2)12-6-4-5-11(9-12)13-10-20-15(17-13)22-14(18-20)16-7-8-21-3/h4-6,9-10H,7-8H2,1-3H3,(H,16,18). The first-order chi connectivity index (χ1) is 10.7. The van der Waals surface area contributed by atoms with Crippen LogP contribution in [0.15, 0.2) is 30.5 Å². The Labute approximate surface area is 133 Å². The van der Waals surface area contributed by atoms with Crippen molar-refractivity contribution >= 4 is 27.1 Å². The molecule has 116 valence electrons. The number of rotatable bonds is 6. The molecule has 3 aromatic rings. The minimum Gasteiger partial charge on any atom is -0.383 e. The molecule has 1 N–H and O–H groups in total. The Bertz CT molecular complexity index is 733. The lowest BCUT2D eigenvalue weighted by Gasteiger charge is -2.12. The molecule has 6 nitrogen and oxygen atoms in total. The third kappa shape index (κ3) is 3.05. The Morgan fingerprint density at radius 1 is 1.36 bits per heavy atom. The predicted molar refractivity (Wildman–Crippen MR) is 91.0 cm³/mol. The normalized spacial score (nSPS) is 11.0. The zero-order chi connectivity index (χ0) is 15.5. The molecular weight excluding hydrogens is 298 g/mol. The molecule has 0 saturated carbocycles. The second kappa shape index (κ2) is 6.33. The fourth-order valence-corrected chi connectivity index (χ4v) is 2.92. The van der Waals surface area contributed by atoms with Crippen LogP contribution in [0.4, 0.5) is 10.8 Å². The molecule has 22 heavy (non-hydrogen) atoms. The monoisotopic (exact) mass is 317 g/mol. The first-order valence-corrected chi connectivity index (χ1v) is 7.86. The van der Waals surface area contributed by atoms with E-state index in [2.05, 4.69) is 38.5 Å². The van der Waals surface area contributed by atoms with E-state index in [1.54, 1.807) is 7.11 Å². The summed E-state index contributed by atoms with van der Waals surface area (Å²) in [6.45, 7) is 1.40. The summed E-state index contributed by atoms with van der Waals surface area (Å²) < 4.78 is 6.83. The zero-order valence-corrected chi connectivity index (χ0v) is 13.7. The predicted octanol–water partition coefficient (Wildman–Crippen LogP) is 2.58. The van der Waals surface area contributed by atoms with Crippen LogP contribution in [0.2, 0.25) is 0 Å². The molecule has 2 heterocycles. The summed E-state index contributed by atoms with van der Waals surface area (Å²) in [5, 5.41) is 8.56. The van der Waals surface area contributed by atoms with Gasteiger partial charge in [0.2, 0.25) is 10.1 Å². The van der Waals surface area contributed by atoms with E-state index < -0.39 is 0 Å². The average Bonchev–Trinajstić information content (AvgIpc) is 3.06. The van der Waals surface area contributed by atoms with Crippen molar-refractivity contribution in [2.24, 2.45) is 0 Å². The number of imidazole rings is 1. The molecule has 3 rings (SSSR count). The highest BCUT2D eigenvalue weighted by molar-refractivity contribution is 7.20. The quantitative estimate of drug-likeness (QED) is 0.708. The fraction of sp³-hybridized carbons (Fsp3) is 0.333. The van der Waals surface area contributed by atoms with Gasteiger partial charge in [0.1, 0.15) is 0 Å². The van der Waals surface area contributed by atoms with E-state index in [4.69, 9.17) is 4.74 Å². The van der Waals surface area contributed by atoms with Gasteiger partial charge in [0.05, 0.1) is 18.5 Å². The van der Waals surface area contributed by atoms with Gasteiger partial charge in [-0.2, -0.15) is 0 Å². The average molecular weight is 317 g/mol. The molecule has 0 radical (unpaired) electrons. The summed E-state index contributed by atoms with van der Waals surface area (Å²) in [6.07, 6.45) is 1.96. The summed E-state index contributed by atoms with van der Waals surface area (Å²) in [6, 6.07) is 8.32. The first kappa shape index (κ1) is 14.8. The number of methoxy groups -OCH3 is 1. The Kier molecular flexibility index (Phi) is 4.26. The molecule has 0 aliphatic rings. The second-order valence-electron chi connectivity index (χ2n) is 5.12. The minimum absolute atomic E-state index is 0.657. The van der Waals surface area contributed by atoms with Crippen LogP contribution in [0.3, 0.4) is 0 Å². The Hall–Kier alpha value is -2.12. The highest BCUT2D eigenvalue weighted by atomic mass is 32.1. The van der Waals surface area contributed by atoms with Crippen LogP contribution in [0.25, 0.3) is 16.2 Å². The largest absolute Gasteiger partial charge is 0.383 e. The third-order valence-corrected chi connectivity index (χ3v) is 4.16. The molecule has 0 spiro atoms. The van der Waals surface area contributed by atoms with Crippen molar-refractivity contribution in [3.63, 3.8) is 0 Å². The molecule has 0 fully saturated rings. The summed E-state index contributed by atoms with van der Waals surface area (Å²) in [7, 11) is 5.75. The van der Waals surface area contributed by atoms with E-state index in [1.807, 2.05) is 30.9 Å². The van der Waals surface area contributed by atoms with Crippen LogP contribution < -0.4 is 10.2 Å². The van der Waals surface area contributed by atoms with E-state index in [1.165, 1.54) is 11.3 Å². The summed E-state index contributed by atoms with van der Waals surface area (Å²) in [4.78, 5) is 7.62. The van der Waals surface area contributed by atoms with Crippen LogP contribution in [0, 0.1) is 0 Å². The SMILES string of the molecule is COCCNc1nn2cc(-c3cccc(N(C)C)c3)nc2s1. The molecule has 1 aromatic carbocycles. The topological polar surface area (TPSA) is 54.7 Å². The van der Waals surface area contributed by atoms with E-state index >= 15 is 0 Å². The molecule has 0 amide bonds. The Balaban J connectivity index is 1.83. The summed E-state index contributed by atoms with van der Waals surface area (Å²) in [5.74, 6) is 0. The number of hydrogen-bond donors (Lipinski definition) is 1. The fourth-order valence-electron chi connectivity index (χ4n) is 2.11. The van der Waals surface area contributed by atoms with Crippen LogP contribution in [-0.4, -0.2) is 49.0 Å². The van der Waals surface area contributed by atoms with Crippen molar-refractivity contribution in [2.45, 2.75) is 0 Å². The van der Waals surface area contributed by atoms with Gasteiger partial charge in [-0.1, -0.05) is 23.5 Å². The molecular formula is C15H19N5OS. The van der Waals surface area contributed by atoms with Gasteiger partial charge in [-0.05, 0) is 12.1 Å². The molecule has 0 atom stereocenters. The van der Waals surface area contributed by atoms with Crippen LogP contribution in [0.1, 0.15) is 0 Å². The van der Waals surface area contributed by atoms with Gasteiger partial charge in [-0.15, -0.1) is 5.10 Å². The molecule has 0 aliphatic carbocycles. The lowest BCUT2D eigenvalue weighted by atomic mass is 10.1. The number of nitrogens with zero attached hydrogens (tertiary/aromatic N) is 4. The number of anilines is 2. The van der Waals surface area contributed by atoms with E-state index in [0.29, 0.717) is 6.61 Å². The highest BCUT2D eigenvalue weighted by Crippen LogP contribution is 2.26. The Morgan fingerprint density at radius 2 is 2.23 bits per heavy atom. The second-order valence-corrected chi connectivity index (χ2v) is 6.08. The molecule has 0 saturated heterocycles. The van der Waals surface area contributed by atoms with Crippen LogP contribution in [0.5, 0.6) is 0 Å². The number of benzene rings is 1. The van der Waals surface area contributed by atoms with Crippen molar-refractivity contribution in [3.05, 3.63) is 30.5 Å². The number of aromatic nitrogens is 3. The maximum Gasteiger partial charge on any atom is 0.214 e. The first-order valence-electron chi connectivity index (χ1n) is 7.04. The molecule has 2 aromatic heterocycles. The summed E-state index contributed by atoms with van der Waals surface area (Å²) >= 11 is 1.54. The Morgan fingerprint density at radius 3 is 2.95 bits per heavy atom. The number of ether oxygens (including phenoxy) is 1. The lowest BCUT2D eigenvalue weighted by molar-refractivity contribution is 0.210. The maximum absolute atomic E-state index is 5.01. The number of nitrogens with one attached hydrogen (secondary N) is 1. The van der Waals surface area contributed by atoms with Gasteiger partial charge < -0.3 is 15.0 Å². The van der Waals surface area contributed by atoms with Crippen molar-refractivity contribution < 1.29 is 4.74 Å². The van der Waals surface area contributed by atoms with Crippen molar-refractivity contribution in [1.29, 1.82) is 0 Å². The van der Waals surface area contributed by atoms with Gasteiger partial charge in [0.15, 0.2) is 0 Å². The van der Waals surface area contributed by atoms with E-state index in [0.717, 1.165) is 33.6 Å². The van der Waals surface area contributed by atoms with E-state index in [-0.39, 0.29) is 0 Å². The highest BCUT2D eigenvalue weighted by Gasteiger charge is 2.10. The van der Waals surface area contributed by atoms with Crippen molar-refractivity contribution in [2.75, 3.05) is 44.6 Å². The van der Waals surface area contributed by atoms with Gasteiger partial charge in [-0.3, -0.25) is 0 Å². The zero-order valence-electron chi connectivity index (χ0n) is 12.9. The van der Waals surface area contributed by atoms with Crippen LogP contribution in [-0.2, 0) is 4.74 Å². The van der Waals surface area contributed by atoms with Crippen molar-refractivity contribution in [1.82, 2.24) is 14.6 Å². The number of hydrogen-bond acceptors (Lipinski definition) is 6. The summed E-state index contributed by atoms with van der Waals surface area (Å²) in [5.41, 5.74) is 3.19. The molecule has 0 aliphatic heterocycles. The van der Waals surface area contributed by atoms with Gasteiger partial charge in [0, 0.05) is 39.0 Å². The van der Waals surface area contributed by atoms with Gasteiger partial charge in [-0.25, -0.2) is 9.50 Å². The van der Waals surface area contributed by atoms with Crippen LogP contribution >= 0.6 is 11.3 Å². The maximum atomic E-state index is 5.01. The molecule has 7 heteroatoms. The molecule has 0 unspecified atom stereocenters. The third-order valence-electron chi connectivity index (χ3n) is 3.28. The number of fused-ring (bicyclic) bond motifs is 1.